The third-order valence-electron chi connectivity index (χ3n) is 4.78. The highest BCUT2D eigenvalue weighted by Crippen LogP contribution is 2.38. The van der Waals surface area contributed by atoms with Crippen molar-refractivity contribution in [1.29, 1.82) is 5.26 Å². The summed E-state index contributed by atoms with van der Waals surface area (Å²) in [5, 5.41) is 12.5. The molecule has 6 nitrogen and oxygen atoms in total. The summed E-state index contributed by atoms with van der Waals surface area (Å²) >= 11 is 0. The molecule has 0 fully saturated rings. The number of nitrogens with zero attached hydrogens (tertiary/aromatic N) is 5. The minimum absolute atomic E-state index is 0. The Hall–Kier alpha value is -3.44. The van der Waals surface area contributed by atoms with Crippen LogP contribution in [0.3, 0.4) is 0 Å². The van der Waals surface area contributed by atoms with Crippen molar-refractivity contribution >= 4 is 18.2 Å². The second-order valence-electron chi connectivity index (χ2n) is 6.37. The van der Waals surface area contributed by atoms with E-state index >= 15 is 0 Å². The summed E-state index contributed by atoms with van der Waals surface area (Å²) in [5.74, 6) is -0.661. The summed E-state index contributed by atoms with van der Waals surface area (Å²) in [5.41, 5.74) is 1.34. The van der Waals surface area contributed by atoms with Gasteiger partial charge in [0, 0.05) is 35.3 Å². The molecule has 0 spiro atoms. The van der Waals surface area contributed by atoms with E-state index in [4.69, 9.17) is 10.3 Å². The average molecular weight is 413 g/mol. The Kier molecular flexibility index (Phi) is 5.52. The van der Waals surface area contributed by atoms with E-state index in [2.05, 4.69) is 20.3 Å². The molecule has 1 aliphatic heterocycles. The van der Waals surface area contributed by atoms with Gasteiger partial charge in [-0.25, -0.2) is 15.0 Å². The molecule has 1 N–H and O–H groups in total. The Morgan fingerprint density at radius 3 is 2.14 bits per heavy atom. The van der Waals surface area contributed by atoms with Crippen LogP contribution in [0.15, 0.2) is 60.0 Å². The molecule has 0 bridgehead atoms. The first kappa shape index (κ1) is 20.3. The third-order valence-corrected chi connectivity index (χ3v) is 4.78. The maximum atomic E-state index is 13.4. The number of hydrogen-bond donors (Lipinski definition) is 1. The lowest BCUT2D eigenvalue weighted by Gasteiger charge is -2.34. The van der Waals surface area contributed by atoms with Crippen molar-refractivity contribution < 1.29 is 8.78 Å². The molecule has 29 heavy (non-hydrogen) atoms. The summed E-state index contributed by atoms with van der Waals surface area (Å²) < 4.78 is 26.8. The zero-order valence-electron chi connectivity index (χ0n) is 15.2. The molecule has 3 aromatic rings. The van der Waals surface area contributed by atoms with Gasteiger partial charge < -0.3 is 5.32 Å². The number of pyridine rings is 3. The molecule has 4 rings (SSSR count). The van der Waals surface area contributed by atoms with Gasteiger partial charge in [-0.3, -0.25) is 4.99 Å². The largest absolute Gasteiger partial charge is 0.354 e. The van der Waals surface area contributed by atoms with Crippen molar-refractivity contribution in [2.45, 2.75) is 18.5 Å². The number of aliphatic imine (C=N–C) groups is 1. The van der Waals surface area contributed by atoms with Gasteiger partial charge in [-0.15, -0.1) is 12.4 Å². The van der Waals surface area contributed by atoms with E-state index in [1.54, 1.807) is 24.3 Å². The Bertz CT molecular complexity index is 1050. The zero-order valence-corrected chi connectivity index (χ0v) is 16.0. The Balaban J connectivity index is 0.00000240. The van der Waals surface area contributed by atoms with Crippen LogP contribution in [0.25, 0.3) is 0 Å². The highest BCUT2D eigenvalue weighted by atomic mass is 35.5. The number of nitriles is 1. The summed E-state index contributed by atoms with van der Waals surface area (Å²) in [6.45, 7) is 1.89. The minimum Gasteiger partial charge on any atom is -0.354 e. The molecule has 0 aromatic carbocycles. The van der Waals surface area contributed by atoms with E-state index in [-0.39, 0.29) is 24.1 Å². The topological polar surface area (TPSA) is 86.9 Å². The molecular formula is C20H15ClF2N6. The van der Waals surface area contributed by atoms with Gasteiger partial charge in [-0.2, -0.15) is 14.0 Å². The second-order valence-corrected chi connectivity index (χ2v) is 6.37. The normalized spacial score (nSPS) is 16.9. The molecule has 9 heteroatoms. The number of halogens is 3. The first-order valence-electron chi connectivity index (χ1n) is 8.49. The van der Waals surface area contributed by atoms with E-state index in [1.807, 2.05) is 13.0 Å². The Morgan fingerprint density at radius 2 is 1.62 bits per heavy atom. The summed E-state index contributed by atoms with van der Waals surface area (Å²) in [4.78, 5) is 16.2. The average Bonchev–Trinajstić information content (AvgIpc) is 3.07. The van der Waals surface area contributed by atoms with Gasteiger partial charge in [0.1, 0.15) is 23.1 Å². The van der Waals surface area contributed by atoms with Crippen LogP contribution in [0.5, 0.6) is 0 Å². The molecule has 1 atom stereocenters. The molecule has 1 aliphatic rings. The molecule has 0 saturated heterocycles. The van der Waals surface area contributed by atoms with Crippen LogP contribution >= 0.6 is 12.4 Å². The monoisotopic (exact) mass is 412 g/mol. The fourth-order valence-electron chi connectivity index (χ4n) is 3.41. The van der Waals surface area contributed by atoms with Crippen molar-refractivity contribution in [2.24, 2.45) is 4.99 Å². The van der Waals surface area contributed by atoms with E-state index in [0.29, 0.717) is 22.5 Å². The molecule has 0 unspecified atom stereocenters. The molecule has 0 radical (unpaired) electrons. The minimum atomic E-state index is -0.924. The van der Waals surface area contributed by atoms with Crippen LogP contribution in [0.4, 0.5) is 8.78 Å². The molecular weight excluding hydrogens is 398 g/mol. The number of nitrogens with one attached hydrogen (secondary N) is 1. The van der Waals surface area contributed by atoms with Crippen molar-refractivity contribution in [3.8, 4) is 6.07 Å². The summed E-state index contributed by atoms with van der Waals surface area (Å²) in [7, 11) is 0. The summed E-state index contributed by atoms with van der Waals surface area (Å²) in [6, 6.07) is 10.8. The Morgan fingerprint density at radius 1 is 1.00 bits per heavy atom. The first-order chi connectivity index (χ1) is 13.5. The van der Waals surface area contributed by atoms with Crippen molar-refractivity contribution in [3.05, 3.63) is 89.3 Å². The van der Waals surface area contributed by atoms with Crippen molar-refractivity contribution in [1.82, 2.24) is 20.3 Å². The van der Waals surface area contributed by atoms with Gasteiger partial charge in [-0.1, -0.05) is 12.1 Å². The standard InChI is InChI=1S/C20H14F2N6.ClH/c1-12-20(14-2-4-17(21)25-10-14,15-3-5-18(22)26-11-15)28-19(27-12)13-6-7-24-16(8-13)9-23;/h2-8,10-12H,1H3,(H,27,28);1H/t12-;/m0./s1. The predicted molar refractivity (Wildman–Crippen MR) is 105 cm³/mol. The predicted octanol–water partition coefficient (Wildman–Crippen LogP) is 3.13. The maximum Gasteiger partial charge on any atom is 0.212 e. The molecule has 0 aliphatic carbocycles. The summed E-state index contributed by atoms with van der Waals surface area (Å²) in [6.07, 6.45) is 4.38. The van der Waals surface area contributed by atoms with E-state index in [0.717, 1.165) is 0 Å². The second kappa shape index (κ2) is 7.89. The highest BCUT2D eigenvalue weighted by Gasteiger charge is 2.45. The highest BCUT2D eigenvalue weighted by molar-refractivity contribution is 6.01. The lowest BCUT2D eigenvalue weighted by molar-refractivity contribution is 0.428. The van der Waals surface area contributed by atoms with Crippen LogP contribution in [0.2, 0.25) is 0 Å². The van der Waals surface area contributed by atoms with Crippen molar-refractivity contribution in [3.63, 3.8) is 0 Å². The van der Waals surface area contributed by atoms with Crippen LogP contribution < -0.4 is 5.32 Å². The van der Waals surface area contributed by atoms with Crippen LogP contribution in [-0.4, -0.2) is 26.8 Å². The molecule has 0 saturated carbocycles. The Labute approximate surface area is 171 Å². The molecule has 3 aromatic heterocycles. The molecule has 0 amide bonds. The first-order valence-corrected chi connectivity index (χ1v) is 8.49. The lowest BCUT2D eigenvalue weighted by atomic mass is 9.79. The van der Waals surface area contributed by atoms with Gasteiger partial charge in [0.15, 0.2) is 0 Å². The van der Waals surface area contributed by atoms with Gasteiger partial charge in [0.05, 0.1) is 6.04 Å². The zero-order chi connectivity index (χ0) is 19.7. The number of amidine groups is 1. The third kappa shape index (κ3) is 3.52. The number of hydrogen-bond acceptors (Lipinski definition) is 6. The fourth-order valence-corrected chi connectivity index (χ4v) is 3.41. The van der Waals surface area contributed by atoms with Crippen molar-refractivity contribution in [2.75, 3.05) is 0 Å². The van der Waals surface area contributed by atoms with Crippen LogP contribution in [0, 0.1) is 23.2 Å². The van der Waals surface area contributed by atoms with Crippen LogP contribution in [-0.2, 0) is 5.54 Å². The SMILES string of the molecule is C[C@@H]1N=C(c2ccnc(C#N)c2)NC1(c1ccc(F)nc1)c1ccc(F)nc1.Cl. The smallest absolute Gasteiger partial charge is 0.212 e. The van der Waals surface area contributed by atoms with Gasteiger partial charge in [-0.05, 0) is 31.2 Å². The maximum absolute atomic E-state index is 13.4. The van der Waals surface area contributed by atoms with E-state index in [9.17, 15) is 8.78 Å². The van der Waals surface area contributed by atoms with Gasteiger partial charge >= 0.3 is 0 Å². The molecule has 4 heterocycles. The van der Waals surface area contributed by atoms with Gasteiger partial charge in [0.25, 0.3) is 0 Å². The number of aromatic nitrogens is 3. The lowest BCUT2D eigenvalue weighted by Crippen LogP contribution is -2.48. The molecule has 146 valence electrons. The quantitative estimate of drug-likeness (QED) is 0.668. The van der Waals surface area contributed by atoms with E-state index < -0.39 is 17.4 Å². The van der Waals surface area contributed by atoms with E-state index in [1.165, 1.54) is 30.7 Å². The van der Waals surface area contributed by atoms with Gasteiger partial charge in [0.2, 0.25) is 11.9 Å². The fraction of sp³-hybridized carbons (Fsp3) is 0.150. The number of rotatable bonds is 3. The van der Waals surface area contributed by atoms with Crippen LogP contribution in [0.1, 0.15) is 29.3 Å².